The van der Waals surface area contributed by atoms with Crippen LogP contribution in [0.2, 0.25) is 10.0 Å². The number of carbonyl (C=O) groups excluding carboxylic acids is 1. The van der Waals surface area contributed by atoms with E-state index in [1.165, 1.54) is 24.3 Å². The largest absolute Gasteiger partial charge is 0.397 e. The Bertz CT molecular complexity index is 647. The van der Waals surface area contributed by atoms with Crippen molar-refractivity contribution in [3.05, 3.63) is 57.8 Å². The molecule has 2 aromatic rings. The minimum Gasteiger partial charge on any atom is -0.397 e. The number of hydrogen-bond donors (Lipinski definition) is 2. The van der Waals surface area contributed by atoms with E-state index in [0.29, 0.717) is 0 Å². The molecule has 0 unspecified atom stereocenters. The Labute approximate surface area is 119 Å². The summed E-state index contributed by atoms with van der Waals surface area (Å²) < 4.78 is 13.7. The quantitative estimate of drug-likeness (QED) is 0.824. The van der Waals surface area contributed by atoms with Gasteiger partial charge >= 0.3 is 0 Å². The molecule has 0 aliphatic carbocycles. The van der Waals surface area contributed by atoms with E-state index in [1.807, 2.05) is 0 Å². The standard InChI is InChI=1S/C13H9Cl2FN2O/c14-8-4-2-6-10(11(8)16)18-13(19)7-3-1-5-9(15)12(7)17/h1-6H,17H2,(H,18,19). The number of nitrogens with two attached hydrogens (primary N) is 1. The van der Waals surface area contributed by atoms with Crippen molar-refractivity contribution in [3.8, 4) is 0 Å². The molecule has 1 amide bonds. The zero-order chi connectivity index (χ0) is 14.0. The molecule has 0 aliphatic rings. The maximum absolute atomic E-state index is 13.7. The summed E-state index contributed by atoms with van der Waals surface area (Å²) in [5.41, 5.74) is 5.99. The van der Waals surface area contributed by atoms with E-state index in [9.17, 15) is 9.18 Å². The van der Waals surface area contributed by atoms with Gasteiger partial charge in [-0.25, -0.2) is 4.39 Å². The fraction of sp³-hybridized carbons (Fsp3) is 0. The Morgan fingerprint density at radius 1 is 1.11 bits per heavy atom. The number of carbonyl (C=O) groups is 1. The lowest BCUT2D eigenvalue weighted by Gasteiger charge is -2.09. The minimum absolute atomic E-state index is 0.0168. The highest BCUT2D eigenvalue weighted by Crippen LogP contribution is 2.25. The number of rotatable bonds is 2. The Morgan fingerprint density at radius 3 is 2.47 bits per heavy atom. The second-order valence-electron chi connectivity index (χ2n) is 3.76. The zero-order valence-corrected chi connectivity index (χ0v) is 11.1. The van der Waals surface area contributed by atoms with Gasteiger partial charge in [0, 0.05) is 0 Å². The first-order valence-corrected chi connectivity index (χ1v) is 6.05. The molecule has 0 radical (unpaired) electrons. The van der Waals surface area contributed by atoms with E-state index >= 15 is 0 Å². The molecule has 98 valence electrons. The molecule has 0 bridgehead atoms. The first kappa shape index (κ1) is 13.6. The van der Waals surface area contributed by atoms with E-state index < -0.39 is 11.7 Å². The lowest BCUT2D eigenvalue weighted by atomic mass is 10.1. The first-order valence-electron chi connectivity index (χ1n) is 5.30. The molecule has 3 N–H and O–H groups in total. The highest BCUT2D eigenvalue weighted by Gasteiger charge is 2.14. The number of hydrogen-bond acceptors (Lipinski definition) is 2. The Kier molecular flexibility index (Phi) is 3.93. The third-order valence-electron chi connectivity index (χ3n) is 2.50. The average Bonchev–Trinajstić information content (AvgIpc) is 2.38. The summed E-state index contributed by atoms with van der Waals surface area (Å²) in [6.45, 7) is 0. The second-order valence-corrected chi connectivity index (χ2v) is 4.57. The fourth-order valence-electron chi connectivity index (χ4n) is 1.53. The summed E-state index contributed by atoms with van der Waals surface area (Å²) in [5.74, 6) is -1.25. The second kappa shape index (κ2) is 5.47. The molecule has 0 aliphatic heterocycles. The molecule has 0 heterocycles. The van der Waals surface area contributed by atoms with Gasteiger partial charge in [0.15, 0.2) is 5.82 Å². The Hall–Kier alpha value is -1.78. The van der Waals surface area contributed by atoms with Crippen LogP contribution in [0.4, 0.5) is 15.8 Å². The van der Waals surface area contributed by atoms with Gasteiger partial charge in [0.1, 0.15) is 0 Å². The van der Waals surface area contributed by atoms with Crippen LogP contribution in [0.5, 0.6) is 0 Å². The monoisotopic (exact) mass is 298 g/mol. The molecule has 0 atom stereocenters. The number of nitrogen functional groups attached to an aromatic ring is 1. The summed E-state index contributed by atoms with van der Waals surface area (Å²) in [6, 6.07) is 8.97. The van der Waals surface area contributed by atoms with Gasteiger partial charge in [0.05, 0.1) is 27.0 Å². The summed E-state index contributed by atoms with van der Waals surface area (Å²) in [7, 11) is 0. The van der Waals surface area contributed by atoms with Crippen LogP contribution in [-0.2, 0) is 0 Å². The van der Waals surface area contributed by atoms with Crippen LogP contribution < -0.4 is 11.1 Å². The molecular formula is C13H9Cl2FN2O. The third kappa shape index (κ3) is 2.80. The molecule has 0 fully saturated rings. The lowest BCUT2D eigenvalue weighted by Crippen LogP contribution is -2.15. The molecule has 0 saturated heterocycles. The maximum atomic E-state index is 13.7. The average molecular weight is 299 g/mol. The fourth-order valence-corrected chi connectivity index (χ4v) is 1.87. The normalized spacial score (nSPS) is 10.3. The molecular weight excluding hydrogens is 290 g/mol. The number of halogens is 3. The van der Waals surface area contributed by atoms with Crippen LogP contribution in [0.15, 0.2) is 36.4 Å². The van der Waals surface area contributed by atoms with Crippen molar-refractivity contribution in [2.45, 2.75) is 0 Å². The van der Waals surface area contributed by atoms with Crippen LogP contribution in [-0.4, -0.2) is 5.91 Å². The zero-order valence-electron chi connectivity index (χ0n) is 9.58. The first-order chi connectivity index (χ1) is 9.00. The van der Waals surface area contributed by atoms with Crippen LogP contribution in [0, 0.1) is 5.82 Å². The van der Waals surface area contributed by atoms with Crippen LogP contribution >= 0.6 is 23.2 Å². The Morgan fingerprint density at radius 2 is 1.74 bits per heavy atom. The molecule has 0 spiro atoms. The van der Waals surface area contributed by atoms with Crippen LogP contribution in [0.3, 0.4) is 0 Å². The number of nitrogens with one attached hydrogen (secondary N) is 1. The molecule has 0 aromatic heterocycles. The van der Waals surface area contributed by atoms with Gasteiger partial charge in [-0.05, 0) is 24.3 Å². The smallest absolute Gasteiger partial charge is 0.257 e. The molecule has 6 heteroatoms. The van der Waals surface area contributed by atoms with Gasteiger partial charge < -0.3 is 11.1 Å². The minimum atomic E-state index is -0.696. The van der Waals surface area contributed by atoms with Gasteiger partial charge in [-0.2, -0.15) is 0 Å². The Balaban J connectivity index is 2.31. The van der Waals surface area contributed by atoms with Gasteiger partial charge in [-0.3, -0.25) is 4.79 Å². The maximum Gasteiger partial charge on any atom is 0.257 e. The molecule has 2 rings (SSSR count). The predicted molar refractivity (Wildman–Crippen MR) is 75.2 cm³/mol. The SMILES string of the molecule is Nc1c(Cl)cccc1C(=O)Nc1cccc(Cl)c1F. The van der Waals surface area contributed by atoms with Crippen molar-refractivity contribution in [2.24, 2.45) is 0 Å². The van der Waals surface area contributed by atoms with Crippen molar-refractivity contribution < 1.29 is 9.18 Å². The molecule has 3 nitrogen and oxygen atoms in total. The highest BCUT2D eigenvalue weighted by molar-refractivity contribution is 6.34. The molecule has 19 heavy (non-hydrogen) atoms. The van der Waals surface area contributed by atoms with Gasteiger partial charge in [0.2, 0.25) is 0 Å². The van der Waals surface area contributed by atoms with Crippen molar-refractivity contribution in [2.75, 3.05) is 11.1 Å². The summed E-state index contributed by atoms with van der Waals surface area (Å²) >= 11 is 11.4. The predicted octanol–water partition coefficient (Wildman–Crippen LogP) is 3.97. The van der Waals surface area contributed by atoms with Crippen LogP contribution in [0.25, 0.3) is 0 Å². The van der Waals surface area contributed by atoms with Gasteiger partial charge in [-0.15, -0.1) is 0 Å². The number of para-hydroxylation sites is 1. The highest BCUT2D eigenvalue weighted by atomic mass is 35.5. The van der Waals surface area contributed by atoms with Crippen molar-refractivity contribution in [3.63, 3.8) is 0 Å². The summed E-state index contributed by atoms with van der Waals surface area (Å²) in [6.07, 6.45) is 0. The van der Waals surface area contributed by atoms with E-state index in [4.69, 9.17) is 28.9 Å². The van der Waals surface area contributed by atoms with E-state index in [-0.39, 0.29) is 27.0 Å². The van der Waals surface area contributed by atoms with E-state index in [0.717, 1.165) is 0 Å². The summed E-state index contributed by atoms with van der Waals surface area (Å²) in [5, 5.41) is 2.59. The number of amides is 1. The van der Waals surface area contributed by atoms with Crippen molar-refractivity contribution in [1.29, 1.82) is 0 Å². The number of benzene rings is 2. The summed E-state index contributed by atoms with van der Waals surface area (Å²) in [4.78, 5) is 12.0. The topological polar surface area (TPSA) is 55.1 Å². The van der Waals surface area contributed by atoms with E-state index in [1.54, 1.807) is 12.1 Å². The number of anilines is 2. The third-order valence-corrected chi connectivity index (χ3v) is 3.12. The lowest BCUT2D eigenvalue weighted by molar-refractivity contribution is 0.102. The van der Waals surface area contributed by atoms with Crippen molar-refractivity contribution >= 4 is 40.5 Å². The molecule has 0 saturated carbocycles. The van der Waals surface area contributed by atoms with Crippen LogP contribution in [0.1, 0.15) is 10.4 Å². The van der Waals surface area contributed by atoms with Gasteiger partial charge in [0.25, 0.3) is 5.91 Å². The van der Waals surface area contributed by atoms with Crippen molar-refractivity contribution in [1.82, 2.24) is 0 Å². The molecule has 2 aromatic carbocycles. The van der Waals surface area contributed by atoms with Gasteiger partial charge in [-0.1, -0.05) is 35.3 Å². The van der Waals surface area contributed by atoms with E-state index in [2.05, 4.69) is 5.32 Å².